The van der Waals surface area contributed by atoms with Crippen molar-refractivity contribution in [2.24, 2.45) is 5.92 Å². The van der Waals surface area contributed by atoms with Gasteiger partial charge in [-0.2, -0.15) is 0 Å². The number of carbonyl (C=O) groups excluding carboxylic acids is 2. The molecule has 2 aliphatic rings. The molecule has 2 saturated heterocycles. The topological polar surface area (TPSA) is 79.9 Å². The van der Waals surface area contributed by atoms with Gasteiger partial charge in [-0.1, -0.05) is 18.6 Å². The molecule has 4 rings (SSSR count). The summed E-state index contributed by atoms with van der Waals surface area (Å²) in [6.45, 7) is 3.08. The van der Waals surface area contributed by atoms with E-state index in [2.05, 4.69) is 15.5 Å². The molecule has 2 aromatic carbocycles. The number of hydrogen-bond donors (Lipinski definition) is 2. The van der Waals surface area contributed by atoms with Gasteiger partial charge < -0.3 is 25.0 Å². The largest absolute Gasteiger partial charge is 0.493 e. The third-order valence-electron chi connectivity index (χ3n) is 6.98. The summed E-state index contributed by atoms with van der Waals surface area (Å²) >= 11 is 0. The number of fused-ring (bicyclic) bond motifs is 1. The summed E-state index contributed by atoms with van der Waals surface area (Å²) in [5, 5.41) is 5.97. The molecule has 0 spiro atoms. The van der Waals surface area contributed by atoms with E-state index >= 15 is 0 Å². The van der Waals surface area contributed by atoms with E-state index in [9.17, 15) is 9.59 Å². The zero-order valence-corrected chi connectivity index (χ0v) is 20.6. The fraction of sp³-hybridized carbons (Fsp3) is 0.429. The summed E-state index contributed by atoms with van der Waals surface area (Å²) in [5.41, 5.74) is 1.93. The van der Waals surface area contributed by atoms with Crippen LogP contribution in [0.3, 0.4) is 0 Å². The molecule has 7 nitrogen and oxygen atoms in total. The van der Waals surface area contributed by atoms with Gasteiger partial charge in [0.05, 0.1) is 14.2 Å². The van der Waals surface area contributed by atoms with Crippen LogP contribution in [0.25, 0.3) is 6.08 Å². The third-order valence-corrected chi connectivity index (χ3v) is 6.98. The summed E-state index contributed by atoms with van der Waals surface area (Å²) in [5.74, 6) is 1.35. The SMILES string of the molecule is COc1ccc(C=CC(=O)Nc2cccc(C(=O)NCC3CCCN4CCCCC34)c2)cc1OC. The van der Waals surface area contributed by atoms with Crippen molar-refractivity contribution in [3.8, 4) is 11.5 Å². The fourth-order valence-electron chi connectivity index (χ4n) is 5.19. The van der Waals surface area contributed by atoms with Crippen molar-refractivity contribution in [2.75, 3.05) is 39.2 Å². The molecular weight excluding hydrogens is 442 g/mol. The van der Waals surface area contributed by atoms with E-state index in [1.807, 2.05) is 6.07 Å². The van der Waals surface area contributed by atoms with Gasteiger partial charge in [-0.05, 0) is 86.7 Å². The van der Waals surface area contributed by atoms with Crippen molar-refractivity contribution >= 4 is 23.6 Å². The molecule has 2 N–H and O–H groups in total. The highest BCUT2D eigenvalue weighted by molar-refractivity contribution is 6.03. The second-order valence-electron chi connectivity index (χ2n) is 9.23. The number of nitrogens with zero attached hydrogens (tertiary/aromatic N) is 1. The lowest BCUT2D eigenvalue weighted by molar-refractivity contribution is -0.111. The first kappa shape index (κ1) is 24.8. The molecule has 0 bridgehead atoms. The normalized spacial score (nSPS) is 20.2. The summed E-state index contributed by atoms with van der Waals surface area (Å²) in [6.07, 6.45) is 9.34. The monoisotopic (exact) mass is 477 g/mol. The van der Waals surface area contributed by atoms with Gasteiger partial charge in [0.15, 0.2) is 11.5 Å². The van der Waals surface area contributed by atoms with E-state index in [1.165, 1.54) is 51.3 Å². The lowest BCUT2D eigenvalue weighted by Crippen LogP contribution is -2.51. The maximum absolute atomic E-state index is 12.8. The number of rotatable bonds is 8. The fourth-order valence-corrected chi connectivity index (χ4v) is 5.19. The number of piperidine rings is 2. The Kier molecular flexibility index (Phi) is 8.42. The maximum Gasteiger partial charge on any atom is 0.251 e. The van der Waals surface area contributed by atoms with Crippen molar-refractivity contribution in [3.63, 3.8) is 0 Å². The van der Waals surface area contributed by atoms with Crippen LogP contribution in [-0.4, -0.2) is 56.6 Å². The van der Waals surface area contributed by atoms with Crippen LogP contribution in [0.1, 0.15) is 48.0 Å². The minimum atomic E-state index is -0.281. The second-order valence-corrected chi connectivity index (χ2v) is 9.23. The first-order chi connectivity index (χ1) is 17.1. The van der Waals surface area contributed by atoms with Crippen molar-refractivity contribution < 1.29 is 19.1 Å². The van der Waals surface area contributed by atoms with Crippen LogP contribution >= 0.6 is 0 Å². The Labute approximate surface area is 207 Å². The zero-order chi connectivity index (χ0) is 24.6. The molecule has 2 fully saturated rings. The molecule has 7 heteroatoms. The quantitative estimate of drug-likeness (QED) is 0.553. The average molecular weight is 478 g/mol. The third kappa shape index (κ3) is 6.42. The highest BCUT2D eigenvalue weighted by Gasteiger charge is 2.32. The van der Waals surface area contributed by atoms with Crippen LogP contribution in [-0.2, 0) is 4.79 Å². The van der Waals surface area contributed by atoms with E-state index in [4.69, 9.17) is 9.47 Å². The first-order valence-corrected chi connectivity index (χ1v) is 12.4. The lowest BCUT2D eigenvalue weighted by atomic mass is 9.83. The van der Waals surface area contributed by atoms with E-state index in [0.29, 0.717) is 41.3 Å². The second kappa shape index (κ2) is 11.9. The number of amides is 2. The highest BCUT2D eigenvalue weighted by atomic mass is 16.5. The van der Waals surface area contributed by atoms with Crippen LogP contribution in [0.4, 0.5) is 5.69 Å². The molecule has 186 valence electrons. The molecule has 2 amide bonds. The summed E-state index contributed by atoms with van der Waals surface area (Å²) in [6, 6.07) is 13.1. The summed E-state index contributed by atoms with van der Waals surface area (Å²) in [7, 11) is 3.15. The van der Waals surface area contributed by atoms with Gasteiger partial charge in [0.25, 0.3) is 5.91 Å². The number of carbonyl (C=O) groups is 2. The summed E-state index contributed by atoms with van der Waals surface area (Å²) in [4.78, 5) is 27.9. The van der Waals surface area contributed by atoms with Crippen LogP contribution in [0.15, 0.2) is 48.5 Å². The van der Waals surface area contributed by atoms with Crippen molar-refractivity contribution in [3.05, 3.63) is 59.7 Å². The molecule has 2 aliphatic heterocycles. The van der Waals surface area contributed by atoms with Crippen LogP contribution in [0, 0.1) is 5.92 Å². The first-order valence-electron chi connectivity index (χ1n) is 12.4. The van der Waals surface area contributed by atoms with E-state index in [0.717, 1.165) is 5.56 Å². The van der Waals surface area contributed by atoms with Gasteiger partial charge in [-0.25, -0.2) is 0 Å². The lowest BCUT2D eigenvalue weighted by Gasteiger charge is -2.44. The number of benzene rings is 2. The van der Waals surface area contributed by atoms with Gasteiger partial charge in [-0.15, -0.1) is 0 Å². The molecule has 0 saturated carbocycles. The van der Waals surface area contributed by atoms with Gasteiger partial charge in [-0.3, -0.25) is 9.59 Å². The van der Waals surface area contributed by atoms with Crippen LogP contribution < -0.4 is 20.1 Å². The van der Waals surface area contributed by atoms with E-state index in [-0.39, 0.29) is 11.8 Å². The van der Waals surface area contributed by atoms with Crippen LogP contribution in [0.2, 0.25) is 0 Å². The minimum Gasteiger partial charge on any atom is -0.493 e. The Bertz CT molecular complexity index is 1070. The smallest absolute Gasteiger partial charge is 0.251 e. The Hall–Kier alpha value is -3.32. The molecule has 0 radical (unpaired) electrons. The molecule has 0 aliphatic carbocycles. The van der Waals surface area contributed by atoms with Crippen molar-refractivity contribution in [2.45, 2.75) is 38.1 Å². The molecular formula is C28H35N3O4. The predicted molar refractivity (Wildman–Crippen MR) is 138 cm³/mol. The number of nitrogens with one attached hydrogen (secondary N) is 2. The van der Waals surface area contributed by atoms with Gasteiger partial charge >= 0.3 is 0 Å². The number of hydrogen-bond acceptors (Lipinski definition) is 5. The molecule has 2 unspecified atom stereocenters. The number of methoxy groups -OCH3 is 2. The molecule has 2 aromatic rings. The standard InChI is InChI=1S/C28H35N3O4/c1-34-25-13-11-20(17-26(25)35-2)12-14-27(32)30-23-9-5-7-21(18-23)28(33)29-19-22-8-6-16-31-15-4-3-10-24(22)31/h5,7,9,11-14,17-18,22,24H,3-4,6,8,10,15-16,19H2,1-2H3,(H,29,33)(H,30,32). The Morgan fingerprint density at radius 1 is 1.00 bits per heavy atom. The van der Waals surface area contributed by atoms with Crippen LogP contribution in [0.5, 0.6) is 11.5 Å². The van der Waals surface area contributed by atoms with Gasteiger partial charge in [0.2, 0.25) is 5.91 Å². The van der Waals surface area contributed by atoms with Crippen molar-refractivity contribution in [1.82, 2.24) is 10.2 Å². The Balaban J connectivity index is 1.32. The van der Waals surface area contributed by atoms with E-state index < -0.39 is 0 Å². The average Bonchev–Trinajstić information content (AvgIpc) is 2.90. The molecule has 35 heavy (non-hydrogen) atoms. The maximum atomic E-state index is 12.8. The van der Waals surface area contributed by atoms with Gasteiger partial charge in [0, 0.05) is 29.9 Å². The molecule has 2 heterocycles. The Morgan fingerprint density at radius 2 is 1.83 bits per heavy atom. The molecule has 0 aromatic heterocycles. The zero-order valence-electron chi connectivity index (χ0n) is 20.6. The number of anilines is 1. The van der Waals surface area contributed by atoms with E-state index in [1.54, 1.807) is 56.7 Å². The van der Waals surface area contributed by atoms with Gasteiger partial charge in [0.1, 0.15) is 0 Å². The Morgan fingerprint density at radius 3 is 2.66 bits per heavy atom. The van der Waals surface area contributed by atoms with Crippen molar-refractivity contribution in [1.29, 1.82) is 0 Å². The number of ether oxygens (including phenoxy) is 2. The minimum absolute atomic E-state index is 0.102. The highest BCUT2D eigenvalue weighted by Crippen LogP contribution is 2.30. The predicted octanol–water partition coefficient (Wildman–Crippen LogP) is 4.35. The molecule has 2 atom stereocenters. The summed E-state index contributed by atoms with van der Waals surface area (Å²) < 4.78 is 10.5.